The highest BCUT2D eigenvalue weighted by Gasteiger charge is 2.51. The van der Waals surface area contributed by atoms with Gasteiger partial charge in [0.2, 0.25) is 0 Å². The molecule has 9 aromatic rings. The lowest BCUT2D eigenvalue weighted by molar-refractivity contribution is 0.794. The molecular weight excluding hydrogens is 593 g/mol. The first-order valence-corrected chi connectivity index (χ1v) is 16.9. The first-order valence-electron chi connectivity index (χ1n) is 16.9. The topological polar surface area (TPSA) is 25.8 Å². The average molecular weight is 621 g/mol. The summed E-state index contributed by atoms with van der Waals surface area (Å²) in [6.45, 7) is 0. The maximum atomic E-state index is 5.22. The summed E-state index contributed by atoms with van der Waals surface area (Å²) in [4.78, 5) is 9.92. The van der Waals surface area contributed by atoms with Crippen molar-refractivity contribution in [1.82, 2.24) is 9.97 Å². The van der Waals surface area contributed by atoms with Crippen molar-refractivity contribution in [3.63, 3.8) is 0 Å². The minimum absolute atomic E-state index is 0.364. The Hall–Kier alpha value is -6.38. The van der Waals surface area contributed by atoms with E-state index in [-0.39, 0.29) is 5.41 Å². The third kappa shape index (κ3) is 3.50. The molecule has 2 aromatic heterocycles. The van der Waals surface area contributed by atoms with Crippen molar-refractivity contribution in [3.8, 4) is 44.6 Å². The normalized spacial score (nSPS) is 13.5. The SMILES string of the molecule is c1ccc2c(c1)-c1ccccc1C21c2ccccc2-c2ccc(-c3ccc(-c4ccc5ccc6cccnc6c5n4)c4ccccc34)cc21. The van der Waals surface area contributed by atoms with E-state index in [1.54, 1.807) is 0 Å². The molecule has 11 rings (SSSR count). The Labute approximate surface area is 284 Å². The van der Waals surface area contributed by atoms with E-state index in [1.807, 2.05) is 12.3 Å². The predicted octanol–water partition coefficient (Wildman–Crippen LogP) is 11.6. The highest BCUT2D eigenvalue weighted by molar-refractivity contribution is 6.07. The fourth-order valence-electron chi connectivity index (χ4n) is 8.91. The zero-order valence-electron chi connectivity index (χ0n) is 26.6. The van der Waals surface area contributed by atoms with Gasteiger partial charge in [-0.05, 0) is 84.6 Å². The lowest BCUT2D eigenvalue weighted by atomic mass is 9.70. The fraction of sp³-hybridized carbons (Fsp3) is 0.0213. The van der Waals surface area contributed by atoms with Crippen LogP contribution in [0.2, 0.25) is 0 Å². The summed E-state index contributed by atoms with van der Waals surface area (Å²) in [7, 11) is 0. The molecule has 0 aliphatic heterocycles. The van der Waals surface area contributed by atoms with E-state index >= 15 is 0 Å². The van der Waals surface area contributed by atoms with Gasteiger partial charge in [-0.3, -0.25) is 4.98 Å². The Kier molecular flexibility index (Phi) is 5.34. The molecule has 1 spiro atoms. The molecule has 226 valence electrons. The van der Waals surface area contributed by atoms with Crippen molar-refractivity contribution in [1.29, 1.82) is 0 Å². The predicted molar refractivity (Wildman–Crippen MR) is 202 cm³/mol. The zero-order valence-corrected chi connectivity index (χ0v) is 26.6. The van der Waals surface area contributed by atoms with Crippen LogP contribution >= 0.6 is 0 Å². The minimum atomic E-state index is -0.364. The Morgan fingerprint density at radius 3 is 1.59 bits per heavy atom. The molecule has 0 unspecified atom stereocenters. The van der Waals surface area contributed by atoms with Crippen LogP contribution in [0.15, 0.2) is 170 Å². The number of rotatable bonds is 2. The molecule has 0 radical (unpaired) electrons. The molecule has 0 saturated carbocycles. The molecule has 2 aliphatic rings. The van der Waals surface area contributed by atoms with E-state index in [0.717, 1.165) is 33.1 Å². The van der Waals surface area contributed by atoms with Crippen molar-refractivity contribution in [2.45, 2.75) is 5.41 Å². The van der Waals surface area contributed by atoms with Gasteiger partial charge in [-0.25, -0.2) is 4.98 Å². The second-order valence-electron chi connectivity index (χ2n) is 13.3. The summed E-state index contributed by atoms with van der Waals surface area (Å²) < 4.78 is 0. The second kappa shape index (κ2) is 9.82. The highest BCUT2D eigenvalue weighted by atomic mass is 14.8. The Morgan fingerprint density at radius 2 is 0.898 bits per heavy atom. The van der Waals surface area contributed by atoms with Crippen LogP contribution in [0.4, 0.5) is 0 Å². The maximum absolute atomic E-state index is 5.22. The summed E-state index contributed by atoms with van der Waals surface area (Å²) in [5.41, 5.74) is 16.8. The minimum Gasteiger partial charge on any atom is -0.254 e. The summed E-state index contributed by atoms with van der Waals surface area (Å²) in [5, 5.41) is 4.60. The number of fused-ring (bicyclic) bond motifs is 14. The van der Waals surface area contributed by atoms with E-state index in [0.29, 0.717) is 0 Å². The van der Waals surface area contributed by atoms with Crippen LogP contribution in [0.25, 0.3) is 77.2 Å². The van der Waals surface area contributed by atoms with Crippen molar-refractivity contribution in [3.05, 3.63) is 192 Å². The lowest BCUT2D eigenvalue weighted by Gasteiger charge is -2.30. The van der Waals surface area contributed by atoms with Crippen LogP contribution in [-0.4, -0.2) is 9.97 Å². The first-order chi connectivity index (χ1) is 24.3. The van der Waals surface area contributed by atoms with Gasteiger partial charge < -0.3 is 0 Å². The highest BCUT2D eigenvalue weighted by Crippen LogP contribution is 2.63. The first kappa shape index (κ1) is 26.7. The van der Waals surface area contributed by atoms with Gasteiger partial charge in [-0.15, -0.1) is 0 Å². The van der Waals surface area contributed by atoms with Crippen molar-refractivity contribution in [2.24, 2.45) is 0 Å². The third-order valence-corrected chi connectivity index (χ3v) is 10.9. The molecule has 2 heteroatoms. The van der Waals surface area contributed by atoms with E-state index in [1.165, 1.54) is 66.4 Å². The van der Waals surface area contributed by atoms with Gasteiger partial charge in [0.25, 0.3) is 0 Å². The Bertz CT molecular complexity index is 2780. The summed E-state index contributed by atoms with van der Waals surface area (Å²) >= 11 is 0. The molecule has 0 atom stereocenters. The van der Waals surface area contributed by atoms with Gasteiger partial charge in [0.05, 0.1) is 22.1 Å². The van der Waals surface area contributed by atoms with Crippen molar-refractivity contribution >= 4 is 32.6 Å². The number of nitrogens with zero attached hydrogens (tertiary/aromatic N) is 2. The molecule has 2 aliphatic carbocycles. The number of hydrogen-bond acceptors (Lipinski definition) is 2. The van der Waals surface area contributed by atoms with E-state index in [9.17, 15) is 0 Å². The number of hydrogen-bond donors (Lipinski definition) is 0. The van der Waals surface area contributed by atoms with Crippen molar-refractivity contribution in [2.75, 3.05) is 0 Å². The van der Waals surface area contributed by atoms with Crippen LogP contribution in [-0.2, 0) is 5.41 Å². The van der Waals surface area contributed by atoms with Crippen molar-refractivity contribution < 1.29 is 0 Å². The van der Waals surface area contributed by atoms with Gasteiger partial charge in [0.1, 0.15) is 0 Å². The van der Waals surface area contributed by atoms with Crippen LogP contribution in [0.1, 0.15) is 22.3 Å². The maximum Gasteiger partial charge on any atom is 0.0972 e. The van der Waals surface area contributed by atoms with E-state index < -0.39 is 0 Å². The molecular formula is C47H28N2. The quantitative estimate of drug-likeness (QED) is 0.180. The lowest BCUT2D eigenvalue weighted by Crippen LogP contribution is -2.25. The molecule has 0 amide bonds. The van der Waals surface area contributed by atoms with Crippen LogP contribution in [0, 0.1) is 0 Å². The third-order valence-electron chi connectivity index (χ3n) is 10.9. The average Bonchev–Trinajstić information content (AvgIpc) is 3.64. The second-order valence-corrected chi connectivity index (χ2v) is 13.3. The molecule has 2 nitrogen and oxygen atoms in total. The molecule has 0 fully saturated rings. The van der Waals surface area contributed by atoms with Gasteiger partial charge >= 0.3 is 0 Å². The number of aromatic nitrogens is 2. The summed E-state index contributed by atoms with van der Waals surface area (Å²) in [6, 6.07) is 60.1. The van der Waals surface area contributed by atoms with E-state index in [2.05, 4.69) is 158 Å². The molecule has 0 bridgehead atoms. The largest absolute Gasteiger partial charge is 0.254 e. The molecule has 0 N–H and O–H groups in total. The monoisotopic (exact) mass is 620 g/mol. The molecule has 7 aromatic carbocycles. The van der Waals surface area contributed by atoms with Crippen LogP contribution < -0.4 is 0 Å². The summed E-state index contributed by atoms with van der Waals surface area (Å²) in [5.74, 6) is 0. The van der Waals surface area contributed by atoms with Gasteiger partial charge in [-0.1, -0.05) is 146 Å². The van der Waals surface area contributed by atoms with Gasteiger partial charge in [0.15, 0.2) is 0 Å². The van der Waals surface area contributed by atoms with Crippen LogP contribution in [0.5, 0.6) is 0 Å². The van der Waals surface area contributed by atoms with Crippen LogP contribution in [0.3, 0.4) is 0 Å². The fourth-order valence-corrected chi connectivity index (χ4v) is 8.91. The molecule has 49 heavy (non-hydrogen) atoms. The number of pyridine rings is 2. The standard InChI is InChI=1S/C47H28N2/c1-2-12-34-33(11-1)32(24-25-39(34)44-26-22-30-20-19-29-10-9-27-48-45(29)46(30)49-44)31-21-23-38-37-15-5-8-18-42(37)47(43(38)28-31)40-16-6-3-13-35(40)36-14-4-7-17-41(36)47/h1-28H. The number of benzene rings is 7. The summed E-state index contributed by atoms with van der Waals surface area (Å²) in [6.07, 6.45) is 1.85. The molecule has 2 heterocycles. The molecule has 0 saturated heterocycles. The smallest absolute Gasteiger partial charge is 0.0972 e. The van der Waals surface area contributed by atoms with E-state index in [4.69, 9.17) is 9.97 Å². The van der Waals surface area contributed by atoms with Gasteiger partial charge in [-0.2, -0.15) is 0 Å². The Morgan fingerprint density at radius 1 is 0.367 bits per heavy atom. The Balaban J connectivity index is 1.14. The zero-order chi connectivity index (χ0) is 32.1. The van der Waals surface area contributed by atoms with Gasteiger partial charge in [0, 0.05) is 22.5 Å².